The first kappa shape index (κ1) is 26.0. The van der Waals surface area contributed by atoms with E-state index in [1.807, 2.05) is 25.1 Å². The van der Waals surface area contributed by atoms with Crippen LogP contribution in [-0.2, 0) is 11.2 Å². The molecule has 1 saturated carbocycles. The summed E-state index contributed by atoms with van der Waals surface area (Å²) in [6, 6.07) is 12.5. The molecule has 0 bridgehead atoms. The minimum absolute atomic E-state index is 0.360. The number of hydrogen-bond acceptors (Lipinski definition) is 7. The zero-order chi connectivity index (χ0) is 25.5. The van der Waals surface area contributed by atoms with Gasteiger partial charge in [0.15, 0.2) is 6.29 Å². The summed E-state index contributed by atoms with van der Waals surface area (Å²) in [6.45, 7) is 3.99. The average Bonchev–Trinajstić information content (AvgIpc) is 3.71. The molecule has 1 aromatic carbocycles. The zero-order valence-electron chi connectivity index (χ0n) is 21.4. The highest BCUT2D eigenvalue weighted by Gasteiger charge is 2.45. The number of ether oxygens (including phenoxy) is 1. The number of carbonyl (C=O) groups excluding carboxylic acids is 1. The molecule has 0 spiro atoms. The second kappa shape index (κ2) is 12.2. The van der Waals surface area contributed by atoms with E-state index >= 15 is 0 Å². The fraction of sp³-hybridized carbons (Fsp3) is 0.517. The van der Waals surface area contributed by atoms with Crippen LogP contribution in [0.1, 0.15) is 77.8 Å². The average molecular weight is 488 g/mol. The Labute approximate surface area is 214 Å². The van der Waals surface area contributed by atoms with Gasteiger partial charge in [0.1, 0.15) is 5.69 Å². The molecule has 6 rings (SSSR count). The zero-order valence-corrected chi connectivity index (χ0v) is 21.4. The predicted octanol–water partition coefficient (Wildman–Crippen LogP) is 4.79. The summed E-state index contributed by atoms with van der Waals surface area (Å²) >= 11 is 0. The van der Waals surface area contributed by atoms with Crippen LogP contribution < -0.4 is 10.7 Å². The van der Waals surface area contributed by atoms with Crippen LogP contribution in [0.3, 0.4) is 0 Å². The molecule has 3 heterocycles. The van der Waals surface area contributed by atoms with E-state index in [-0.39, 0.29) is 0 Å². The molecular weight excluding hydrogens is 450 g/mol. The molecule has 1 aromatic heterocycles. The summed E-state index contributed by atoms with van der Waals surface area (Å²) in [4.78, 5) is 15.7. The molecule has 1 saturated heterocycles. The number of anilines is 1. The lowest BCUT2D eigenvalue weighted by Crippen LogP contribution is -2.40. The minimum Gasteiger partial charge on any atom is -0.381 e. The number of benzene rings is 1. The van der Waals surface area contributed by atoms with Crippen molar-refractivity contribution in [1.29, 1.82) is 5.26 Å². The fourth-order valence-electron chi connectivity index (χ4n) is 5.93. The second-order valence-corrected chi connectivity index (χ2v) is 9.79. The lowest BCUT2D eigenvalue weighted by atomic mass is 9.76. The Morgan fingerprint density at radius 2 is 1.83 bits per heavy atom. The van der Waals surface area contributed by atoms with Crippen molar-refractivity contribution in [2.75, 3.05) is 25.3 Å². The Morgan fingerprint density at radius 1 is 1.08 bits per heavy atom. The molecule has 36 heavy (non-hydrogen) atoms. The highest BCUT2D eigenvalue weighted by atomic mass is 16.5. The van der Waals surface area contributed by atoms with Crippen molar-refractivity contribution in [3.05, 3.63) is 58.4 Å². The SMILES string of the molecule is C1CCOC1.CN.Cc1cc(N2N=C3c4ccc(C=O)nc4CCC3C2C2CCCC2)ccc1C#N. The first-order chi connectivity index (χ1) is 17.7. The van der Waals surface area contributed by atoms with Gasteiger partial charge < -0.3 is 10.5 Å². The van der Waals surface area contributed by atoms with Gasteiger partial charge in [-0.2, -0.15) is 10.4 Å². The number of carbonyl (C=O) groups is 1. The van der Waals surface area contributed by atoms with Gasteiger partial charge in [0.2, 0.25) is 0 Å². The maximum absolute atomic E-state index is 11.1. The van der Waals surface area contributed by atoms with Crippen LogP contribution in [0.5, 0.6) is 0 Å². The first-order valence-corrected chi connectivity index (χ1v) is 13.2. The number of aryl methyl sites for hydroxylation is 2. The van der Waals surface area contributed by atoms with Gasteiger partial charge in [-0.1, -0.05) is 12.8 Å². The van der Waals surface area contributed by atoms with Crippen molar-refractivity contribution in [2.24, 2.45) is 22.7 Å². The van der Waals surface area contributed by atoms with Gasteiger partial charge in [-0.3, -0.25) is 9.80 Å². The van der Waals surface area contributed by atoms with Gasteiger partial charge in [-0.05, 0) is 94.3 Å². The van der Waals surface area contributed by atoms with E-state index in [1.54, 1.807) is 6.07 Å². The van der Waals surface area contributed by atoms with E-state index in [0.717, 1.165) is 60.6 Å². The smallest absolute Gasteiger partial charge is 0.168 e. The molecule has 4 aliphatic rings. The van der Waals surface area contributed by atoms with Gasteiger partial charge >= 0.3 is 0 Å². The summed E-state index contributed by atoms with van der Waals surface area (Å²) in [5.74, 6) is 1.03. The van der Waals surface area contributed by atoms with Gasteiger partial charge in [0.05, 0.1) is 34.8 Å². The molecule has 7 heteroatoms. The third kappa shape index (κ3) is 5.35. The van der Waals surface area contributed by atoms with Crippen LogP contribution in [-0.4, -0.2) is 43.3 Å². The topological polar surface area (TPSA) is 105 Å². The Bertz CT molecular complexity index is 1120. The molecule has 2 aliphatic heterocycles. The Kier molecular flexibility index (Phi) is 8.84. The molecule has 2 fully saturated rings. The first-order valence-electron chi connectivity index (χ1n) is 13.2. The van der Waals surface area contributed by atoms with Crippen LogP contribution in [0, 0.1) is 30.1 Å². The van der Waals surface area contributed by atoms with Gasteiger partial charge in [-0.15, -0.1) is 0 Å². The molecule has 2 unspecified atom stereocenters. The van der Waals surface area contributed by atoms with Gasteiger partial charge in [0, 0.05) is 24.7 Å². The molecule has 190 valence electrons. The maximum atomic E-state index is 11.1. The quantitative estimate of drug-likeness (QED) is 0.624. The summed E-state index contributed by atoms with van der Waals surface area (Å²) in [5, 5.41) is 16.7. The number of hydrazone groups is 1. The fourth-order valence-corrected chi connectivity index (χ4v) is 5.93. The Hall–Kier alpha value is -3.08. The highest BCUT2D eigenvalue weighted by molar-refractivity contribution is 6.06. The number of pyridine rings is 1. The maximum Gasteiger partial charge on any atom is 0.168 e. The van der Waals surface area contributed by atoms with E-state index in [0.29, 0.717) is 29.1 Å². The lowest BCUT2D eigenvalue weighted by molar-refractivity contribution is 0.111. The van der Waals surface area contributed by atoms with Crippen molar-refractivity contribution < 1.29 is 9.53 Å². The van der Waals surface area contributed by atoms with Crippen LogP contribution >= 0.6 is 0 Å². The number of nitrogens with zero attached hydrogens (tertiary/aromatic N) is 4. The normalized spacial score (nSPS) is 22.3. The molecule has 0 amide bonds. The van der Waals surface area contributed by atoms with Crippen LogP contribution in [0.2, 0.25) is 0 Å². The Balaban J connectivity index is 0.000000383. The number of nitriles is 1. The van der Waals surface area contributed by atoms with E-state index in [2.05, 4.69) is 27.9 Å². The van der Waals surface area contributed by atoms with E-state index < -0.39 is 0 Å². The number of fused-ring (bicyclic) bond motifs is 3. The van der Waals surface area contributed by atoms with Crippen LogP contribution in [0.15, 0.2) is 35.4 Å². The number of nitrogens with two attached hydrogens (primary N) is 1. The lowest BCUT2D eigenvalue weighted by Gasteiger charge is -2.34. The summed E-state index contributed by atoms with van der Waals surface area (Å²) in [6.07, 6.45) is 10.4. The largest absolute Gasteiger partial charge is 0.381 e. The third-order valence-corrected chi connectivity index (χ3v) is 7.65. The van der Waals surface area contributed by atoms with Crippen molar-refractivity contribution in [1.82, 2.24) is 4.98 Å². The number of aromatic nitrogens is 1. The molecule has 0 radical (unpaired) electrons. The van der Waals surface area contributed by atoms with Gasteiger partial charge in [-0.25, -0.2) is 4.98 Å². The number of aldehydes is 1. The standard InChI is InChI=1S/C24H24N4O.C4H8O.CH5N/c1-15-12-19(8-6-17(15)13-25)28-24(16-4-2-3-5-16)21-10-11-22-20(23(21)27-28)9-7-18(14-29)26-22;1-2-4-5-3-1;1-2/h6-9,12,14,16,21,24H,2-5,10-11H2,1H3;1-4H2;2H2,1H3. The summed E-state index contributed by atoms with van der Waals surface area (Å²) in [7, 11) is 1.50. The van der Waals surface area contributed by atoms with Crippen LogP contribution in [0.4, 0.5) is 5.69 Å². The molecule has 2 aliphatic carbocycles. The molecule has 2 atom stereocenters. The van der Waals surface area contributed by atoms with Crippen LogP contribution in [0.25, 0.3) is 0 Å². The highest BCUT2D eigenvalue weighted by Crippen LogP contribution is 2.44. The molecule has 2 N–H and O–H groups in total. The van der Waals surface area contributed by atoms with Crippen molar-refractivity contribution in [2.45, 2.75) is 64.3 Å². The molecule has 2 aromatic rings. The Morgan fingerprint density at radius 3 is 2.44 bits per heavy atom. The number of hydrogen-bond donors (Lipinski definition) is 1. The van der Waals surface area contributed by atoms with E-state index in [4.69, 9.17) is 9.84 Å². The van der Waals surface area contributed by atoms with Crippen molar-refractivity contribution in [3.63, 3.8) is 0 Å². The van der Waals surface area contributed by atoms with Crippen molar-refractivity contribution >= 4 is 17.7 Å². The summed E-state index contributed by atoms with van der Waals surface area (Å²) < 4.78 is 4.94. The number of rotatable bonds is 3. The van der Waals surface area contributed by atoms with E-state index in [9.17, 15) is 10.1 Å². The third-order valence-electron chi connectivity index (χ3n) is 7.65. The second-order valence-electron chi connectivity index (χ2n) is 9.79. The monoisotopic (exact) mass is 487 g/mol. The summed E-state index contributed by atoms with van der Waals surface area (Å²) in [5.41, 5.74) is 11.0. The van der Waals surface area contributed by atoms with Crippen molar-refractivity contribution in [3.8, 4) is 6.07 Å². The molecule has 7 nitrogen and oxygen atoms in total. The predicted molar refractivity (Wildman–Crippen MR) is 142 cm³/mol. The van der Waals surface area contributed by atoms with Gasteiger partial charge in [0.25, 0.3) is 0 Å². The molecular formula is C29H37N5O2. The minimum atomic E-state index is 0.360. The van der Waals surface area contributed by atoms with E-state index in [1.165, 1.54) is 45.6 Å².